The summed E-state index contributed by atoms with van der Waals surface area (Å²) in [6, 6.07) is 10.3. The fraction of sp³-hybridized carbons (Fsp3) is 0.278. The monoisotopic (exact) mass is 364 g/mol. The van der Waals surface area contributed by atoms with Crippen LogP contribution in [0.2, 0.25) is 5.02 Å². The van der Waals surface area contributed by atoms with Gasteiger partial charge in [0, 0.05) is 17.8 Å². The molecule has 5 nitrogen and oxygen atoms in total. The normalized spacial score (nSPS) is 11.7. The van der Waals surface area contributed by atoms with Crippen LogP contribution in [0.3, 0.4) is 0 Å². The lowest BCUT2D eigenvalue weighted by atomic mass is 10.1. The Morgan fingerprint density at radius 3 is 2.64 bits per heavy atom. The highest BCUT2D eigenvalue weighted by molar-refractivity contribution is 6.32. The van der Waals surface area contributed by atoms with E-state index in [1.54, 1.807) is 31.4 Å². The van der Waals surface area contributed by atoms with Gasteiger partial charge in [0.15, 0.2) is 5.96 Å². The number of benzene rings is 2. The number of methoxy groups -OCH3 is 1. The highest BCUT2D eigenvalue weighted by Gasteiger charge is 2.05. The lowest BCUT2D eigenvalue weighted by molar-refractivity contribution is 0.392. The van der Waals surface area contributed by atoms with Gasteiger partial charge in [0.25, 0.3) is 0 Å². The van der Waals surface area contributed by atoms with Crippen LogP contribution in [0.5, 0.6) is 5.75 Å². The zero-order chi connectivity index (χ0) is 18.4. The number of nitrogens with one attached hydrogen (secondary N) is 1. The summed E-state index contributed by atoms with van der Waals surface area (Å²) in [5.74, 6) is 0.560. The Balaban J connectivity index is 2.01. The summed E-state index contributed by atoms with van der Waals surface area (Å²) in [7, 11) is 5.35. The third kappa shape index (κ3) is 5.62. The number of rotatable bonds is 6. The zero-order valence-corrected chi connectivity index (χ0v) is 15.3. The topological polar surface area (TPSA) is 62.9 Å². The van der Waals surface area contributed by atoms with Gasteiger partial charge in [0.1, 0.15) is 11.6 Å². The molecule has 7 heteroatoms. The molecule has 0 aliphatic rings. The summed E-state index contributed by atoms with van der Waals surface area (Å²) in [5, 5.41) is 3.41. The standard InChI is InChI=1S/C18H22ClFN4O/c1-24(2)11-13-5-4-12(8-16(13)20)10-22-18(21)23-14-6-7-17(25-3)15(19)9-14/h4-9H,10-11H2,1-3H3,(H3,21,22,23). The molecule has 0 radical (unpaired) electrons. The first kappa shape index (κ1) is 19.0. The first-order valence-electron chi connectivity index (χ1n) is 7.71. The summed E-state index contributed by atoms with van der Waals surface area (Å²) in [4.78, 5) is 6.14. The summed E-state index contributed by atoms with van der Waals surface area (Å²) in [6.45, 7) is 0.833. The van der Waals surface area contributed by atoms with Crippen LogP contribution in [0.4, 0.5) is 10.1 Å². The largest absolute Gasteiger partial charge is 0.495 e. The quantitative estimate of drug-likeness (QED) is 0.608. The molecular weight excluding hydrogens is 343 g/mol. The van der Waals surface area contributed by atoms with Crippen molar-refractivity contribution in [1.82, 2.24) is 4.90 Å². The minimum absolute atomic E-state index is 0.221. The Bertz CT molecular complexity index is 765. The predicted octanol–water partition coefficient (Wildman–Crippen LogP) is 3.48. The van der Waals surface area contributed by atoms with Gasteiger partial charge >= 0.3 is 0 Å². The smallest absolute Gasteiger partial charge is 0.193 e. The molecule has 0 spiro atoms. The molecule has 0 bridgehead atoms. The molecule has 0 aliphatic carbocycles. The van der Waals surface area contributed by atoms with Crippen molar-refractivity contribution in [1.29, 1.82) is 0 Å². The van der Waals surface area contributed by atoms with Gasteiger partial charge in [-0.2, -0.15) is 0 Å². The van der Waals surface area contributed by atoms with Crippen molar-refractivity contribution in [2.45, 2.75) is 13.1 Å². The Kier molecular flexibility index (Phi) is 6.61. The van der Waals surface area contributed by atoms with Gasteiger partial charge in [-0.15, -0.1) is 0 Å². The van der Waals surface area contributed by atoms with Crippen LogP contribution in [0.25, 0.3) is 0 Å². The average Bonchev–Trinajstić information content (AvgIpc) is 2.55. The van der Waals surface area contributed by atoms with E-state index in [-0.39, 0.29) is 18.3 Å². The summed E-state index contributed by atoms with van der Waals surface area (Å²) in [6.07, 6.45) is 0. The molecule has 2 rings (SSSR count). The molecule has 0 amide bonds. The number of aliphatic imine (C=N–C) groups is 1. The molecule has 2 aromatic carbocycles. The molecule has 0 heterocycles. The molecule has 0 atom stereocenters. The number of halogens is 2. The van der Waals surface area contributed by atoms with E-state index in [0.717, 1.165) is 5.56 Å². The van der Waals surface area contributed by atoms with Crippen LogP contribution in [0.1, 0.15) is 11.1 Å². The first-order valence-corrected chi connectivity index (χ1v) is 8.09. The molecule has 134 valence electrons. The highest BCUT2D eigenvalue weighted by Crippen LogP contribution is 2.27. The summed E-state index contributed by atoms with van der Waals surface area (Å²) >= 11 is 6.06. The third-order valence-corrected chi connectivity index (χ3v) is 3.76. The van der Waals surface area contributed by atoms with E-state index in [1.165, 1.54) is 6.07 Å². The van der Waals surface area contributed by atoms with E-state index >= 15 is 0 Å². The molecule has 0 unspecified atom stereocenters. The molecule has 3 N–H and O–H groups in total. The van der Waals surface area contributed by atoms with Crippen molar-refractivity contribution < 1.29 is 9.13 Å². The lowest BCUT2D eigenvalue weighted by Crippen LogP contribution is -2.22. The molecule has 0 aromatic heterocycles. The Hall–Kier alpha value is -2.31. The predicted molar refractivity (Wildman–Crippen MR) is 101 cm³/mol. The van der Waals surface area contributed by atoms with E-state index < -0.39 is 0 Å². The fourth-order valence-electron chi connectivity index (χ4n) is 2.27. The zero-order valence-electron chi connectivity index (χ0n) is 14.5. The summed E-state index contributed by atoms with van der Waals surface area (Å²) in [5.41, 5.74) is 7.96. The maximum Gasteiger partial charge on any atom is 0.193 e. The molecule has 2 aromatic rings. The number of nitrogens with two attached hydrogens (primary N) is 1. The molecular formula is C18H22ClFN4O. The average molecular weight is 365 g/mol. The van der Waals surface area contributed by atoms with Crippen molar-refractivity contribution in [3.05, 3.63) is 58.4 Å². The van der Waals surface area contributed by atoms with Crippen molar-refractivity contribution >= 4 is 23.2 Å². The number of anilines is 1. The van der Waals surface area contributed by atoms with Gasteiger partial charge in [-0.3, -0.25) is 0 Å². The molecule has 25 heavy (non-hydrogen) atoms. The lowest BCUT2D eigenvalue weighted by Gasteiger charge is -2.11. The van der Waals surface area contributed by atoms with Crippen LogP contribution in [-0.2, 0) is 13.1 Å². The van der Waals surface area contributed by atoms with E-state index in [4.69, 9.17) is 22.1 Å². The number of hydrogen-bond donors (Lipinski definition) is 2. The van der Waals surface area contributed by atoms with Gasteiger partial charge in [-0.25, -0.2) is 9.38 Å². The second kappa shape index (κ2) is 8.69. The van der Waals surface area contributed by atoms with E-state index in [2.05, 4.69) is 10.3 Å². The van der Waals surface area contributed by atoms with Gasteiger partial charge in [0.05, 0.1) is 18.7 Å². The molecule has 0 saturated carbocycles. The van der Waals surface area contributed by atoms with Crippen molar-refractivity contribution in [2.75, 3.05) is 26.5 Å². The number of hydrogen-bond acceptors (Lipinski definition) is 3. The summed E-state index contributed by atoms with van der Waals surface area (Å²) < 4.78 is 19.1. The minimum atomic E-state index is -0.241. The highest BCUT2D eigenvalue weighted by atomic mass is 35.5. The van der Waals surface area contributed by atoms with Crippen molar-refractivity contribution in [3.63, 3.8) is 0 Å². The Morgan fingerprint density at radius 2 is 2.04 bits per heavy atom. The SMILES string of the molecule is COc1ccc(NC(N)=NCc2ccc(CN(C)C)c(F)c2)cc1Cl. The number of nitrogens with zero attached hydrogens (tertiary/aromatic N) is 2. The van der Waals surface area contributed by atoms with Gasteiger partial charge in [0.2, 0.25) is 0 Å². The van der Waals surface area contributed by atoms with Gasteiger partial charge in [-0.05, 0) is 43.9 Å². The van der Waals surface area contributed by atoms with Crippen LogP contribution in [-0.4, -0.2) is 32.1 Å². The van der Waals surface area contributed by atoms with Crippen LogP contribution in [0.15, 0.2) is 41.4 Å². The van der Waals surface area contributed by atoms with Crippen LogP contribution >= 0.6 is 11.6 Å². The fourth-order valence-corrected chi connectivity index (χ4v) is 2.52. The second-order valence-electron chi connectivity index (χ2n) is 5.84. The molecule has 0 saturated heterocycles. The first-order chi connectivity index (χ1) is 11.9. The Morgan fingerprint density at radius 1 is 1.28 bits per heavy atom. The molecule has 0 fully saturated rings. The minimum Gasteiger partial charge on any atom is -0.495 e. The van der Waals surface area contributed by atoms with Crippen molar-refractivity contribution in [3.8, 4) is 5.75 Å². The van der Waals surface area contributed by atoms with E-state index in [9.17, 15) is 4.39 Å². The van der Waals surface area contributed by atoms with Crippen molar-refractivity contribution in [2.24, 2.45) is 10.7 Å². The van der Waals surface area contributed by atoms with Crippen LogP contribution < -0.4 is 15.8 Å². The number of guanidine groups is 1. The molecule has 0 aliphatic heterocycles. The van der Waals surface area contributed by atoms with Gasteiger partial charge in [-0.1, -0.05) is 23.7 Å². The maximum absolute atomic E-state index is 14.0. The number of ether oxygens (including phenoxy) is 1. The second-order valence-corrected chi connectivity index (χ2v) is 6.25. The third-order valence-electron chi connectivity index (χ3n) is 3.46. The van der Waals surface area contributed by atoms with Crippen LogP contribution in [0, 0.1) is 5.82 Å². The Labute approximate surface area is 152 Å². The van der Waals surface area contributed by atoms with E-state index in [0.29, 0.717) is 28.6 Å². The van der Waals surface area contributed by atoms with Gasteiger partial charge < -0.3 is 20.7 Å². The maximum atomic E-state index is 14.0. The van der Waals surface area contributed by atoms with E-state index in [1.807, 2.05) is 25.1 Å².